The van der Waals surface area contributed by atoms with Crippen LogP contribution in [0.2, 0.25) is 5.02 Å². The lowest BCUT2D eigenvalue weighted by Crippen LogP contribution is -2.38. The van der Waals surface area contributed by atoms with Gasteiger partial charge in [-0.3, -0.25) is 14.9 Å². The Morgan fingerprint density at radius 2 is 2.10 bits per heavy atom. The largest absolute Gasteiger partial charge is 0.339 e. The van der Waals surface area contributed by atoms with Crippen LogP contribution in [-0.4, -0.2) is 28.8 Å². The normalized spacial score (nSPS) is 16.2. The number of carbonyl (C=O) groups excluding carboxylic acids is 1. The van der Waals surface area contributed by atoms with Crippen LogP contribution in [0.5, 0.6) is 0 Å². The van der Waals surface area contributed by atoms with E-state index in [1.165, 1.54) is 12.1 Å². The molecule has 0 N–H and O–H groups in total. The fraction of sp³-hybridized carbons (Fsp3) is 0.500. The van der Waals surface area contributed by atoms with E-state index in [0.29, 0.717) is 24.6 Å². The lowest BCUT2D eigenvalue weighted by Gasteiger charge is -2.31. The molecule has 1 fully saturated rings. The Labute approximate surface area is 122 Å². The fourth-order valence-corrected chi connectivity index (χ4v) is 2.70. The van der Waals surface area contributed by atoms with Crippen molar-refractivity contribution in [1.29, 1.82) is 0 Å². The number of nitro groups is 1. The summed E-state index contributed by atoms with van der Waals surface area (Å²) >= 11 is 5.75. The smallest absolute Gasteiger partial charge is 0.288 e. The van der Waals surface area contributed by atoms with Crippen molar-refractivity contribution in [1.82, 2.24) is 4.90 Å². The van der Waals surface area contributed by atoms with Crippen LogP contribution in [-0.2, 0) is 0 Å². The Kier molecular flexibility index (Phi) is 4.60. The number of hydrogen-bond donors (Lipinski definition) is 0. The first-order valence-electron chi connectivity index (χ1n) is 6.76. The predicted octanol–water partition coefficient (Wildman–Crippen LogP) is 3.51. The molecule has 0 bridgehead atoms. The second kappa shape index (κ2) is 6.22. The summed E-state index contributed by atoms with van der Waals surface area (Å²) in [5, 5.41) is 10.9. The molecule has 5 nitrogen and oxygen atoms in total. The number of hydrogen-bond acceptors (Lipinski definition) is 3. The molecule has 1 aliphatic heterocycles. The summed E-state index contributed by atoms with van der Waals surface area (Å²) in [7, 11) is 0. The van der Waals surface area contributed by atoms with Crippen molar-refractivity contribution in [2.24, 2.45) is 5.92 Å². The first-order valence-corrected chi connectivity index (χ1v) is 7.14. The van der Waals surface area contributed by atoms with Crippen molar-refractivity contribution in [3.63, 3.8) is 0 Å². The zero-order valence-electron chi connectivity index (χ0n) is 11.3. The second-order valence-electron chi connectivity index (χ2n) is 5.07. The number of amides is 1. The molecule has 1 aliphatic rings. The molecule has 0 saturated carbocycles. The number of halogens is 1. The summed E-state index contributed by atoms with van der Waals surface area (Å²) < 4.78 is 0. The highest BCUT2D eigenvalue weighted by Gasteiger charge is 2.24. The van der Waals surface area contributed by atoms with Crippen molar-refractivity contribution in [2.45, 2.75) is 26.2 Å². The average Bonchev–Trinajstić information content (AvgIpc) is 2.47. The molecule has 1 amide bonds. The third-order valence-corrected chi connectivity index (χ3v) is 4.19. The van der Waals surface area contributed by atoms with Crippen molar-refractivity contribution < 1.29 is 9.72 Å². The molecule has 0 radical (unpaired) electrons. The molecule has 0 aliphatic carbocycles. The van der Waals surface area contributed by atoms with E-state index in [9.17, 15) is 14.9 Å². The maximum Gasteiger partial charge on any atom is 0.288 e. The summed E-state index contributed by atoms with van der Waals surface area (Å²) in [6.07, 6.45) is 3.13. The van der Waals surface area contributed by atoms with Gasteiger partial charge in [0.2, 0.25) is 0 Å². The van der Waals surface area contributed by atoms with Gasteiger partial charge in [0.15, 0.2) is 0 Å². The number of carbonyl (C=O) groups is 1. The van der Waals surface area contributed by atoms with Gasteiger partial charge >= 0.3 is 0 Å². The summed E-state index contributed by atoms with van der Waals surface area (Å²) in [5.41, 5.74) is 0.108. The minimum atomic E-state index is -0.567. The van der Waals surface area contributed by atoms with Crippen molar-refractivity contribution in [2.75, 3.05) is 13.1 Å². The van der Waals surface area contributed by atoms with Crippen LogP contribution in [0.25, 0.3) is 0 Å². The molecule has 1 aromatic rings. The van der Waals surface area contributed by atoms with Crippen LogP contribution in [0, 0.1) is 16.0 Å². The summed E-state index contributed by atoms with van der Waals surface area (Å²) in [4.78, 5) is 24.4. The molecule has 20 heavy (non-hydrogen) atoms. The van der Waals surface area contributed by atoms with Gasteiger partial charge in [-0.2, -0.15) is 0 Å². The quantitative estimate of drug-likeness (QED) is 0.633. The van der Waals surface area contributed by atoms with Gasteiger partial charge in [-0.25, -0.2) is 0 Å². The molecule has 1 aromatic carbocycles. The molecule has 0 aromatic heterocycles. The number of nitrogens with zero attached hydrogens (tertiary/aromatic N) is 2. The van der Waals surface area contributed by atoms with Gasteiger partial charge in [0.1, 0.15) is 5.02 Å². The van der Waals surface area contributed by atoms with Crippen LogP contribution in [0.15, 0.2) is 18.2 Å². The number of likely N-dealkylation sites (tertiary alicyclic amines) is 1. The minimum absolute atomic E-state index is 0.0521. The molecule has 0 atom stereocenters. The molecular weight excluding hydrogens is 280 g/mol. The van der Waals surface area contributed by atoms with E-state index in [0.717, 1.165) is 19.3 Å². The monoisotopic (exact) mass is 296 g/mol. The average molecular weight is 297 g/mol. The third-order valence-electron chi connectivity index (χ3n) is 3.87. The SMILES string of the molecule is CCC1CCN(C(=O)c2ccc(Cl)c([N+](=O)[O-])c2)CC1. The molecule has 0 spiro atoms. The molecule has 6 heteroatoms. The molecule has 2 rings (SSSR count). The van der Waals surface area contributed by atoms with E-state index in [1.54, 1.807) is 11.0 Å². The van der Waals surface area contributed by atoms with Crippen molar-refractivity contribution in [3.05, 3.63) is 38.9 Å². The van der Waals surface area contributed by atoms with E-state index in [-0.39, 0.29) is 16.6 Å². The first kappa shape index (κ1) is 14.8. The van der Waals surface area contributed by atoms with E-state index >= 15 is 0 Å². The van der Waals surface area contributed by atoms with Crippen LogP contribution < -0.4 is 0 Å². The minimum Gasteiger partial charge on any atom is -0.339 e. The standard InChI is InChI=1S/C14H17ClN2O3/c1-2-10-5-7-16(8-6-10)14(18)11-3-4-12(15)13(9-11)17(19)20/h3-4,9-10H,2,5-8H2,1H3. The van der Waals surface area contributed by atoms with Gasteiger partial charge in [0.05, 0.1) is 4.92 Å². The van der Waals surface area contributed by atoms with Gasteiger partial charge in [0.25, 0.3) is 11.6 Å². The Morgan fingerprint density at radius 3 is 2.65 bits per heavy atom. The molecule has 0 unspecified atom stereocenters. The Morgan fingerprint density at radius 1 is 1.45 bits per heavy atom. The maximum atomic E-state index is 12.3. The van der Waals surface area contributed by atoms with Gasteiger partial charge < -0.3 is 4.90 Å². The van der Waals surface area contributed by atoms with E-state index in [1.807, 2.05) is 0 Å². The summed E-state index contributed by atoms with van der Waals surface area (Å²) in [5.74, 6) is 0.526. The predicted molar refractivity (Wildman–Crippen MR) is 77.0 cm³/mol. The highest BCUT2D eigenvalue weighted by molar-refractivity contribution is 6.32. The lowest BCUT2D eigenvalue weighted by molar-refractivity contribution is -0.384. The Bertz CT molecular complexity index is 525. The van der Waals surface area contributed by atoms with Crippen molar-refractivity contribution in [3.8, 4) is 0 Å². The topological polar surface area (TPSA) is 63.5 Å². The number of nitro benzene ring substituents is 1. The molecule has 1 saturated heterocycles. The third kappa shape index (κ3) is 3.10. The van der Waals surface area contributed by atoms with Crippen LogP contribution in [0.1, 0.15) is 36.5 Å². The van der Waals surface area contributed by atoms with E-state index < -0.39 is 4.92 Å². The van der Waals surface area contributed by atoms with Crippen molar-refractivity contribution >= 4 is 23.2 Å². The number of piperidine rings is 1. The lowest BCUT2D eigenvalue weighted by atomic mass is 9.94. The van der Waals surface area contributed by atoms with Crippen LogP contribution in [0.3, 0.4) is 0 Å². The van der Waals surface area contributed by atoms with E-state index in [2.05, 4.69) is 6.92 Å². The highest BCUT2D eigenvalue weighted by atomic mass is 35.5. The van der Waals surface area contributed by atoms with Gasteiger partial charge in [-0.05, 0) is 30.9 Å². The molecule has 1 heterocycles. The Hall–Kier alpha value is -1.62. The maximum absolute atomic E-state index is 12.3. The van der Waals surface area contributed by atoms with E-state index in [4.69, 9.17) is 11.6 Å². The highest BCUT2D eigenvalue weighted by Crippen LogP contribution is 2.27. The zero-order valence-corrected chi connectivity index (χ0v) is 12.1. The van der Waals surface area contributed by atoms with Gasteiger partial charge in [-0.1, -0.05) is 24.9 Å². The Balaban J connectivity index is 2.14. The molecular formula is C14H17ClN2O3. The first-order chi connectivity index (χ1) is 9.52. The van der Waals surface area contributed by atoms with Gasteiger partial charge in [-0.15, -0.1) is 0 Å². The number of benzene rings is 1. The molecule has 108 valence electrons. The van der Waals surface area contributed by atoms with Crippen LogP contribution in [0.4, 0.5) is 5.69 Å². The summed E-state index contributed by atoms with van der Waals surface area (Å²) in [6.45, 7) is 3.59. The zero-order chi connectivity index (χ0) is 14.7. The van der Waals surface area contributed by atoms with Gasteiger partial charge in [0, 0.05) is 24.7 Å². The summed E-state index contributed by atoms with van der Waals surface area (Å²) in [6, 6.07) is 4.21. The second-order valence-corrected chi connectivity index (χ2v) is 5.47. The fourth-order valence-electron chi connectivity index (χ4n) is 2.51. The van der Waals surface area contributed by atoms with Crippen LogP contribution >= 0.6 is 11.6 Å². The number of rotatable bonds is 3.